The quantitative estimate of drug-likeness (QED) is 0.692. The molecule has 1 N–H and O–H groups in total. The van der Waals surface area contributed by atoms with Crippen LogP contribution in [-0.4, -0.2) is 17.7 Å². The summed E-state index contributed by atoms with van der Waals surface area (Å²) >= 11 is 6.82. The van der Waals surface area contributed by atoms with E-state index in [1.807, 2.05) is 60.7 Å². The summed E-state index contributed by atoms with van der Waals surface area (Å²) in [4.78, 5) is 27.5. The van der Waals surface area contributed by atoms with E-state index in [0.717, 1.165) is 22.5 Å². The second-order valence-electron chi connectivity index (χ2n) is 7.29. The molecule has 29 heavy (non-hydrogen) atoms. The van der Waals surface area contributed by atoms with Crippen molar-refractivity contribution >= 4 is 40.7 Å². The molecular formula is C24H21ClN2O2. The maximum absolute atomic E-state index is 13.1. The van der Waals surface area contributed by atoms with Gasteiger partial charge in [-0.05, 0) is 23.8 Å². The molecule has 2 aliphatic rings. The van der Waals surface area contributed by atoms with Gasteiger partial charge in [-0.2, -0.15) is 0 Å². The highest BCUT2D eigenvalue weighted by atomic mass is 35.5. The number of anilines is 2. The van der Waals surface area contributed by atoms with E-state index in [-0.39, 0.29) is 18.1 Å². The Balaban J connectivity index is 1.95. The highest BCUT2D eigenvalue weighted by molar-refractivity contribution is 6.34. The molecule has 1 amide bonds. The number of carbonyl (C=O) groups is 2. The highest BCUT2D eigenvalue weighted by Gasteiger charge is 2.39. The molecule has 5 heteroatoms. The van der Waals surface area contributed by atoms with E-state index in [1.54, 1.807) is 4.90 Å². The largest absolute Gasteiger partial charge is 0.357 e. The maximum atomic E-state index is 13.1. The molecule has 4 rings (SSSR count). The second kappa shape index (κ2) is 7.72. The zero-order valence-corrected chi connectivity index (χ0v) is 16.9. The fourth-order valence-electron chi connectivity index (χ4n) is 3.95. The first-order valence-electron chi connectivity index (χ1n) is 9.46. The monoisotopic (exact) mass is 404 g/mol. The van der Waals surface area contributed by atoms with Gasteiger partial charge in [0.25, 0.3) is 0 Å². The summed E-state index contributed by atoms with van der Waals surface area (Å²) in [6.45, 7) is 5.51. The molecule has 2 aromatic rings. The molecule has 1 aliphatic heterocycles. The van der Waals surface area contributed by atoms with Crippen LogP contribution in [0.25, 0.3) is 6.08 Å². The number of fused-ring (bicyclic) bond motifs is 1. The summed E-state index contributed by atoms with van der Waals surface area (Å²) in [7, 11) is 0. The Hall–Kier alpha value is -3.11. The lowest BCUT2D eigenvalue weighted by molar-refractivity contribution is -0.117. The van der Waals surface area contributed by atoms with Gasteiger partial charge in [0.2, 0.25) is 5.91 Å². The van der Waals surface area contributed by atoms with Gasteiger partial charge in [0.1, 0.15) is 6.04 Å². The minimum absolute atomic E-state index is 0.0626. The van der Waals surface area contributed by atoms with E-state index < -0.39 is 6.04 Å². The Morgan fingerprint density at radius 2 is 1.83 bits per heavy atom. The molecule has 0 radical (unpaired) electrons. The van der Waals surface area contributed by atoms with Crippen molar-refractivity contribution in [2.75, 3.05) is 10.2 Å². The number of ketones is 1. The number of nitrogens with one attached hydrogen (secondary N) is 1. The molecule has 146 valence electrons. The third kappa shape index (κ3) is 3.64. The summed E-state index contributed by atoms with van der Waals surface area (Å²) in [5, 5.41) is 3.79. The molecule has 1 aliphatic carbocycles. The molecule has 0 saturated heterocycles. The molecule has 1 atom stereocenters. The second-order valence-corrected chi connectivity index (χ2v) is 7.73. The lowest BCUT2D eigenvalue weighted by Gasteiger charge is -2.32. The molecule has 2 aromatic carbocycles. The number of nitrogens with zero attached hydrogens (tertiary/aromatic N) is 1. The maximum Gasteiger partial charge on any atom is 0.224 e. The summed E-state index contributed by atoms with van der Waals surface area (Å²) in [5.41, 5.74) is 4.49. The SMILES string of the molecule is C=C1CC(=O)C2=C(C1)Nc1ccccc1N(C(C)=O)C2/C(Cl)=C/c1ccccc1. The Labute approximate surface area is 175 Å². The van der Waals surface area contributed by atoms with Crippen molar-refractivity contribution in [2.45, 2.75) is 25.8 Å². The fourth-order valence-corrected chi connectivity index (χ4v) is 4.28. The predicted molar refractivity (Wildman–Crippen MR) is 118 cm³/mol. The normalized spacial score (nSPS) is 19.3. The Morgan fingerprint density at radius 1 is 1.14 bits per heavy atom. The first-order valence-corrected chi connectivity index (χ1v) is 9.84. The first kappa shape index (κ1) is 19.2. The summed E-state index contributed by atoms with van der Waals surface area (Å²) in [6.07, 6.45) is 2.62. The fraction of sp³-hybridized carbons (Fsp3) is 0.167. The number of hydrogen-bond acceptors (Lipinski definition) is 3. The number of amides is 1. The first-order chi connectivity index (χ1) is 14.0. The zero-order valence-electron chi connectivity index (χ0n) is 16.1. The Kier molecular flexibility index (Phi) is 5.12. The third-order valence-corrected chi connectivity index (χ3v) is 5.46. The minimum Gasteiger partial charge on any atom is -0.357 e. The summed E-state index contributed by atoms with van der Waals surface area (Å²) < 4.78 is 0. The summed E-state index contributed by atoms with van der Waals surface area (Å²) in [6, 6.07) is 16.5. The lowest BCUT2D eigenvalue weighted by Crippen LogP contribution is -2.43. The average Bonchev–Trinajstić information content (AvgIpc) is 2.83. The average molecular weight is 405 g/mol. The molecule has 0 fully saturated rings. The van der Waals surface area contributed by atoms with E-state index in [0.29, 0.717) is 22.7 Å². The smallest absolute Gasteiger partial charge is 0.224 e. The van der Waals surface area contributed by atoms with Gasteiger partial charge >= 0.3 is 0 Å². The topological polar surface area (TPSA) is 49.4 Å². The van der Waals surface area contributed by atoms with Crippen LogP contribution in [0.3, 0.4) is 0 Å². The van der Waals surface area contributed by atoms with Gasteiger partial charge < -0.3 is 5.32 Å². The van der Waals surface area contributed by atoms with Gasteiger partial charge in [0.15, 0.2) is 5.78 Å². The van der Waals surface area contributed by atoms with E-state index in [4.69, 9.17) is 11.6 Å². The van der Waals surface area contributed by atoms with Crippen LogP contribution < -0.4 is 10.2 Å². The molecule has 0 bridgehead atoms. The van der Waals surface area contributed by atoms with Crippen molar-refractivity contribution in [3.05, 3.63) is 88.6 Å². The van der Waals surface area contributed by atoms with Crippen molar-refractivity contribution < 1.29 is 9.59 Å². The molecule has 1 unspecified atom stereocenters. The number of halogens is 1. The Morgan fingerprint density at radius 3 is 2.55 bits per heavy atom. The van der Waals surface area contributed by atoms with Gasteiger partial charge in [-0.15, -0.1) is 0 Å². The number of hydrogen-bond donors (Lipinski definition) is 1. The molecule has 4 nitrogen and oxygen atoms in total. The summed E-state index contributed by atoms with van der Waals surface area (Å²) in [5.74, 6) is -0.248. The number of para-hydroxylation sites is 2. The van der Waals surface area contributed by atoms with Crippen LogP contribution in [0.2, 0.25) is 0 Å². The van der Waals surface area contributed by atoms with Crippen molar-refractivity contribution in [2.24, 2.45) is 0 Å². The minimum atomic E-state index is -0.693. The Bertz CT molecular complexity index is 1070. The van der Waals surface area contributed by atoms with Crippen molar-refractivity contribution in [1.29, 1.82) is 0 Å². The van der Waals surface area contributed by atoms with Crippen LogP contribution in [0, 0.1) is 0 Å². The number of rotatable bonds is 2. The van der Waals surface area contributed by atoms with E-state index in [2.05, 4.69) is 11.9 Å². The third-order valence-electron chi connectivity index (χ3n) is 5.15. The predicted octanol–water partition coefficient (Wildman–Crippen LogP) is 5.29. The van der Waals surface area contributed by atoms with Gasteiger partial charge in [-0.3, -0.25) is 14.5 Å². The van der Waals surface area contributed by atoms with Crippen molar-refractivity contribution in [3.8, 4) is 0 Å². The van der Waals surface area contributed by atoms with Crippen LogP contribution in [0.5, 0.6) is 0 Å². The number of Topliss-reactive ketones (excluding diaryl/α,β-unsaturated/α-hetero) is 1. The molecule has 0 spiro atoms. The van der Waals surface area contributed by atoms with E-state index in [1.165, 1.54) is 6.92 Å². The molecule has 0 aromatic heterocycles. The standard InChI is InChI=1S/C24H21ClN2O2/c1-15-12-20-23(22(29)13-15)24(18(25)14-17-8-4-3-5-9-17)27(16(2)28)21-11-7-6-10-19(21)26-20/h3-11,14,24,26H,1,12-13H2,2H3/b18-14-. The number of allylic oxidation sites excluding steroid dienone is 1. The van der Waals surface area contributed by atoms with Crippen LogP contribution in [-0.2, 0) is 9.59 Å². The van der Waals surface area contributed by atoms with Gasteiger partial charge in [0.05, 0.1) is 11.4 Å². The van der Waals surface area contributed by atoms with E-state index >= 15 is 0 Å². The number of carbonyl (C=O) groups excluding carboxylic acids is 2. The van der Waals surface area contributed by atoms with Crippen molar-refractivity contribution in [1.82, 2.24) is 0 Å². The van der Waals surface area contributed by atoms with Gasteiger partial charge in [0, 0.05) is 36.1 Å². The van der Waals surface area contributed by atoms with Crippen LogP contribution >= 0.6 is 11.6 Å². The molecule has 0 saturated carbocycles. The van der Waals surface area contributed by atoms with Crippen LogP contribution in [0.1, 0.15) is 25.3 Å². The molecule has 1 heterocycles. The van der Waals surface area contributed by atoms with Gasteiger partial charge in [-0.25, -0.2) is 0 Å². The van der Waals surface area contributed by atoms with Gasteiger partial charge in [-0.1, -0.05) is 66.2 Å². The van der Waals surface area contributed by atoms with Crippen LogP contribution in [0.15, 0.2) is 83.1 Å². The zero-order chi connectivity index (χ0) is 20.5. The van der Waals surface area contributed by atoms with Crippen LogP contribution in [0.4, 0.5) is 11.4 Å². The lowest BCUT2D eigenvalue weighted by atomic mass is 9.86. The molecular weight excluding hydrogens is 384 g/mol. The van der Waals surface area contributed by atoms with E-state index in [9.17, 15) is 9.59 Å². The highest BCUT2D eigenvalue weighted by Crippen LogP contribution is 2.42. The van der Waals surface area contributed by atoms with Crippen molar-refractivity contribution in [3.63, 3.8) is 0 Å². The number of benzene rings is 2.